The summed E-state index contributed by atoms with van der Waals surface area (Å²) in [4.78, 5) is 0. The van der Waals surface area contributed by atoms with E-state index in [4.69, 9.17) is 17.3 Å². The van der Waals surface area contributed by atoms with E-state index in [2.05, 4.69) is 15.9 Å². The molecule has 4 rings (SSSR count). The molecule has 20 heavy (non-hydrogen) atoms. The van der Waals surface area contributed by atoms with Crippen molar-refractivity contribution in [3.05, 3.63) is 33.0 Å². The van der Waals surface area contributed by atoms with Gasteiger partial charge in [0.15, 0.2) is 0 Å². The van der Waals surface area contributed by atoms with Gasteiger partial charge in [0.05, 0.1) is 5.02 Å². The molecule has 5 atom stereocenters. The number of rotatable bonds is 1. The maximum atomic E-state index is 14.6. The molecule has 2 N–H and O–H groups in total. The number of hydrogen-bond donors (Lipinski definition) is 1. The van der Waals surface area contributed by atoms with E-state index in [-0.39, 0.29) is 10.8 Å². The monoisotopic (exact) mass is 357 g/mol. The Balaban J connectivity index is 1.78. The van der Waals surface area contributed by atoms with Crippen molar-refractivity contribution >= 4 is 27.5 Å². The van der Waals surface area contributed by atoms with E-state index in [0.29, 0.717) is 27.8 Å². The third-order valence-electron chi connectivity index (χ3n) is 6.10. The quantitative estimate of drug-likeness (QED) is 0.713. The molecular weight excluding hydrogens is 341 g/mol. The van der Waals surface area contributed by atoms with Crippen LogP contribution in [0.5, 0.6) is 0 Å². The Labute approximate surface area is 132 Å². The minimum atomic E-state index is -0.509. The van der Waals surface area contributed by atoms with Gasteiger partial charge >= 0.3 is 0 Å². The van der Waals surface area contributed by atoms with Crippen molar-refractivity contribution in [2.45, 2.75) is 37.6 Å². The molecule has 4 heteroatoms. The van der Waals surface area contributed by atoms with E-state index < -0.39 is 5.54 Å². The normalized spacial score (nSPS) is 42.2. The maximum absolute atomic E-state index is 14.6. The summed E-state index contributed by atoms with van der Waals surface area (Å²) in [6.07, 6.45) is 6.05. The van der Waals surface area contributed by atoms with Crippen LogP contribution in [0.15, 0.2) is 16.6 Å². The molecule has 3 aliphatic rings. The molecule has 1 aromatic carbocycles. The van der Waals surface area contributed by atoms with Crippen LogP contribution in [0.1, 0.15) is 37.7 Å². The molecular formula is C16H18BrClFN. The van der Waals surface area contributed by atoms with E-state index in [1.807, 2.05) is 12.1 Å². The van der Waals surface area contributed by atoms with Crippen LogP contribution in [0.3, 0.4) is 0 Å². The lowest BCUT2D eigenvalue weighted by molar-refractivity contribution is 0.153. The summed E-state index contributed by atoms with van der Waals surface area (Å²) in [5, 5.41) is 0.165. The van der Waals surface area contributed by atoms with Gasteiger partial charge in [-0.3, -0.25) is 0 Å². The van der Waals surface area contributed by atoms with E-state index >= 15 is 0 Å². The second kappa shape index (κ2) is 4.44. The summed E-state index contributed by atoms with van der Waals surface area (Å²) in [5.74, 6) is 2.36. The highest BCUT2D eigenvalue weighted by Crippen LogP contribution is 2.64. The number of benzene rings is 1. The molecule has 0 aliphatic heterocycles. The van der Waals surface area contributed by atoms with Gasteiger partial charge in [0.1, 0.15) is 5.82 Å². The van der Waals surface area contributed by atoms with Gasteiger partial charge in [-0.15, -0.1) is 0 Å². The first-order chi connectivity index (χ1) is 9.52. The van der Waals surface area contributed by atoms with Gasteiger partial charge in [-0.05, 0) is 71.4 Å². The van der Waals surface area contributed by atoms with E-state index in [1.165, 1.54) is 25.7 Å². The SMILES string of the molecule is NC1(c2ccc(Br)c(Cl)c2F)CC2CC1C1CCCC21. The molecule has 0 aromatic heterocycles. The van der Waals surface area contributed by atoms with Gasteiger partial charge in [0, 0.05) is 15.6 Å². The van der Waals surface area contributed by atoms with Gasteiger partial charge in [-0.2, -0.15) is 0 Å². The summed E-state index contributed by atoms with van der Waals surface area (Å²) in [6, 6.07) is 3.66. The molecule has 108 valence electrons. The van der Waals surface area contributed by atoms with Crippen LogP contribution in [-0.2, 0) is 5.54 Å². The van der Waals surface area contributed by atoms with Crippen molar-refractivity contribution in [2.75, 3.05) is 0 Å². The summed E-state index contributed by atoms with van der Waals surface area (Å²) < 4.78 is 15.2. The smallest absolute Gasteiger partial charge is 0.147 e. The van der Waals surface area contributed by atoms with Crippen molar-refractivity contribution < 1.29 is 4.39 Å². The highest BCUT2D eigenvalue weighted by atomic mass is 79.9. The van der Waals surface area contributed by atoms with Crippen LogP contribution in [0.4, 0.5) is 4.39 Å². The molecule has 0 heterocycles. The highest BCUT2D eigenvalue weighted by Gasteiger charge is 2.60. The first-order valence-corrected chi connectivity index (χ1v) is 8.62. The van der Waals surface area contributed by atoms with E-state index in [9.17, 15) is 4.39 Å². The zero-order chi connectivity index (χ0) is 14.1. The predicted molar refractivity (Wildman–Crippen MR) is 82.0 cm³/mol. The molecule has 3 saturated carbocycles. The van der Waals surface area contributed by atoms with Crippen LogP contribution in [0, 0.1) is 29.5 Å². The summed E-state index contributed by atoms with van der Waals surface area (Å²) in [5.41, 5.74) is 6.85. The Morgan fingerprint density at radius 2 is 2.05 bits per heavy atom. The van der Waals surface area contributed by atoms with Crippen molar-refractivity contribution in [3.63, 3.8) is 0 Å². The average molecular weight is 359 g/mol. The summed E-state index contributed by atoms with van der Waals surface area (Å²) in [6.45, 7) is 0. The molecule has 3 fully saturated rings. The van der Waals surface area contributed by atoms with Gasteiger partial charge in [0.2, 0.25) is 0 Å². The first kappa shape index (κ1) is 13.5. The Morgan fingerprint density at radius 1 is 1.30 bits per heavy atom. The Kier molecular flexibility index (Phi) is 3.00. The van der Waals surface area contributed by atoms with Crippen LogP contribution < -0.4 is 5.73 Å². The molecule has 0 amide bonds. The van der Waals surface area contributed by atoms with Crippen LogP contribution in [-0.4, -0.2) is 0 Å². The topological polar surface area (TPSA) is 26.0 Å². The molecule has 3 aliphatic carbocycles. The largest absolute Gasteiger partial charge is 0.321 e. The van der Waals surface area contributed by atoms with Crippen molar-refractivity contribution in [1.82, 2.24) is 0 Å². The summed E-state index contributed by atoms with van der Waals surface area (Å²) >= 11 is 9.34. The van der Waals surface area contributed by atoms with Crippen LogP contribution in [0.25, 0.3) is 0 Å². The average Bonchev–Trinajstić information content (AvgIpc) is 3.06. The van der Waals surface area contributed by atoms with Gasteiger partial charge in [0.25, 0.3) is 0 Å². The second-order valence-corrected chi connectivity index (χ2v) is 8.06. The number of fused-ring (bicyclic) bond motifs is 5. The Bertz CT molecular complexity index is 578. The van der Waals surface area contributed by atoms with Gasteiger partial charge in [-0.1, -0.05) is 24.1 Å². The molecule has 5 unspecified atom stereocenters. The number of halogens is 3. The van der Waals surface area contributed by atoms with Gasteiger partial charge in [-0.25, -0.2) is 4.39 Å². The number of hydrogen-bond acceptors (Lipinski definition) is 1. The molecule has 0 spiro atoms. The lowest BCUT2D eigenvalue weighted by atomic mass is 9.68. The number of nitrogens with two attached hydrogens (primary N) is 1. The molecule has 0 saturated heterocycles. The minimum absolute atomic E-state index is 0.165. The Hall–Kier alpha value is -0.120. The third-order valence-corrected chi connectivity index (χ3v) is 7.36. The molecule has 1 aromatic rings. The summed E-state index contributed by atoms with van der Waals surface area (Å²) in [7, 11) is 0. The third kappa shape index (κ3) is 1.63. The van der Waals surface area contributed by atoms with E-state index in [1.54, 1.807) is 0 Å². The van der Waals surface area contributed by atoms with Gasteiger partial charge < -0.3 is 5.73 Å². The highest BCUT2D eigenvalue weighted by molar-refractivity contribution is 9.10. The van der Waals surface area contributed by atoms with Crippen LogP contribution in [0.2, 0.25) is 5.02 Å². The van der Waals surface area contributed by atoms with E-state index in [0.717, 1.165) is 12.3 Å². The molecule has 1 nitrogen and oxygen atoms in total. The van der Waals surface area contributed by atoms with Crippen LogP contribution >= 0.6 is 27.5 Å². The lowest BCUT2D eigenvalue weighted by Crippen LogP contribution is -2.47. The fourth-order valence-corrected chi connectivity index (χ4v) is 5.86. The minimum Gasteiger partial charge on any atom is -0.321 e. The first-order valence-electron chi connectivity index (χ1n) is 7.45. The zero-order valence-electron chi connectivity index (χ0n) is 11.2. The fourth-order valence-electron chi connectivity index (χ4n) is 5.39. The predicted octanol–water partition coefficient (Wildman–Crippen LogP) is 4.85. The zero-order valence-corrected chi connectivity index (χ0v) is 13.6. The maximum Gasteiger partial charge on any atom is 0.147 e. The second-order valence-electron chi connectivity index (χ2n) is 6.83. The lowest BCUT2D eigenvalue weighted by Gasteiger charge is -2.40. The Morgan fingerprint density at radius 3 is 2.85 bits per heavy atom. The molecule has 2 bridgehead atoms. The standard InChI is InChI=1S/C16H18BrClFN/c17-13-5-4-11(15(19)14(13)18)16(20)7-8-6-12(16)10-3-1-2-9(8)10/h4-5,8-10,12H,1-3,6-7,20H2. The molecule has 0 radical (unpaired) electrons. The van der Waals surface area contributed by atoms with Crippen molar-refractivity contribution in [1.29, 1.82) is 0 Å². The van der Waals surface area contributed by atoms with Crippen molar-refractivity contribution in [2.24, 2.45) is 29.4 Å². The van der Waals surface area contributed by atoms with Crippen molar-refractivity contribution in [3.8, 4) is 0 Å². The fraction of sp³-hybridized carbons (Fsp3) is 0.625.